The number of nitrogens with zero attached hydrogens (tertiary/aromatic N) is 4. The first kappa shape index (κ1) is 31.8. The van der Waals surface area contributed by atoms with E-state index < -0.39 is 5.97 Å². The monoisotopic (exact) mass is 581 g/mol. The standard InChI is InChI=1S/C31H43N5O6/c1-38-16-17-40-18-19-41-20-21-42-31(37)29(25-32)23-26-2-3-28-24-30(5-4-27(28)22-26)35-8-10-36(11-9-35)33-6-7-34-12-14-39-15-13-34/h2-5,22-24,33H,6-21H2,1H3. The Kier molecular flexibility index (Phi) is 13.5. The van der Waals surface area contributed by atoms with Crippen LogP contribution in [0.3, 0.4) is 0 Å². The van der Waals surface area contributed by atoms with E-state index in [1.807, 2.05) is 24.3 Å². The zero-order valence-electron chi connectivity index (χ0n) is 24.6. The van der Waals surface area contributed by atoms with Crippen LogP contribution < -0.4 is 10.3 Å². The number of hydrazine groups is 1. The SMILES string of the molecule is COCCOCCOCCOC(=O)C(C#N)=Cc1ccc2cc(N3CCN(NCCN4CCOCC4)CC3)ccc2c1. The zero-order valence-corrected chi connectivity index (χ0v) is 24.6. The van der Waals surface area contributed by atoms with Crippen molar-refractivity contribution in [3.8, 4) is 6.07 Å². The summed E-state index contributed by atoms with van der Waals surface area (Å²) in [5, 5.41) is 14.0. The number of piperazine rings is 1. The molecular formula is C31H43N5O6. The summed E-state index contributed by atoms with van der Waals surface area (Å²) < 4.78 is 26.2. The summed E-state index contributed by atoms with van der Waals surface area (Å²) in [6.07, 6.45) is 1.56. The fraction of sp³-hybridized carbons (Fsp3) is 0.548. The van der Waals surface area contributed by atoms with Crippen LogP contribution >= 0.6 is 0 Å². The van der Waals surface area contributed by atoms with E-state index in [0.29, 0.717) is 26.4 Å². The molecule has 228 valence electrons. The van der Waals surface area contributed by atoms with Crippen molar-refractivity contribution in [2.24, 2.45) is 0 Å². The summed E-state index contributed by atoms with van der Waals surface area (Å²) in [5.74, 6) is -0.664. The number of carbonyl (C=O) groups is 1. The first-order valence-corrected chi connectivity index (χ1v) is 14.7. The summed E-state index contributed by atoms with van der Waals surface area (Å²) in [5.41, 5.74) is 5.50. The molecule has 2 aromatic rings. The third kappa shape index (κ3) is 10.3. The van der Waals surface area contributed by atoms with E-state index in [2.05, 4.69) is 38.4 Å². The van der Waals surface area contributed by atoms with Crippen molar-refractivity contribution >= 4 is 28.5 Å². The molecule has 1 N–H and O–H groups in total. The Morgan fingerprint density at radius 3 is 2.36 bits per heavy atom. The second-order valence-electron chi connectivity index (χ2n) is 10.2. The van der Waals surface area contributed by atoms with Crippen LogP contribution in [0.2, 0.25) is 0 Å². The molecule has 2 aromatic carbocycles. The van der Waals surface area contributed by atoms with E-state index >= 15 is 0 Å². The van der Waals surface area contributed by atoms with Gasteiger partial charge in [-0.05, 0) is 40.6 Å². The van der Waals surface area contributed by atoms with Gasteiger partial charge in [0.25, 0.3) is 0 Å². The van der Waals surface area contributed by atoms with Gasteiger partial charge in [-0.3, -0.25) is 10.3 Å². The molecule has 0 atom stereocenters. The smallest absolute Gasteiger partial charge is 0.348 e. The molecule has 0 radical (unpaired) electrons. The number of hydrogen-bond donors (Lipinski definition) is 1. The van der Waals surface area contributed by atoms with Gasteiger partial charge in [-0.15, -0.1) is 0 Å². The summed E-state index contributed by atoms with van der Waals surface area (Å²) in [6.45, 7) is 11.7. The number of nitrogens with one attached hydrogen (secondary N) is 1. The second-order valence-corrected chi connectivity index (χ2v) is 10.2. The van der Waals surface area contributed by atoms with Gasteiger partial charge in [0.1, 0.15) is 18.2 Å². The lowest BCUT2D eigenvalue weighted by Gasteiger charge is -2.37. The largest absolute Gasteiger partial charge is 0.459 e. The fourth-order valence-electron chi connectivity index (χ4n) is 4.89. The van der Waals surface area contributed by atoms with E-state index in [9.17, 15) is 10.1 Å². The highest BCUT2D eigenvalue weighted by Crippen LogP contribution is 2.25. The van der Waals surface area contributed by atoms with E-state index in [4.69, 9.17) is 23.7 Å². The highest BCUT2D eigenvalue weighted by molar-refractivity contribution is 5.98. The number of ether oxygens (including phenoxy) is 5. The summed E-state index contributed by atoms with van der Waals surface area (Å²) in [6, 6.07) is 14.3. The van der Waals surface area contributed by atoms with Crippen molar-refractivity contribution in [2.45, 2.75) is 0 Å². The minimum atomic E-state index is -0.664. The van der Waals surface area contributed by atoms with Crippen LogP contribution in [0.5, 0.6) is 0 Å². The Hall–Kier alpha value is -3.08. The fourth-order valence-corrected chi connectivity index (χ4v) is 4.89. The number of rotatable bonds is 16. The summed E-state index contributed by atoms with van der Waals surface area (Å²) in [4.78, 5) is 17.2. The van der Waals surface area contributed by atoms with Crippen molar-refractivity contribution in [1.29, 1.82) is 5.26 Å². The molecule has 2 aliphatic heterocycles. The average molecular weight is 582 g/mol. The number of anilines is 1. The molecule has 2 fully saturated rings. The average Bonchev–Trinajstić information content (AvgIpc) is 3.03. The third-order valence-electron chi connectivity index (χ3n) is 7.28. The molecular weight excluding hydrogens is 538 g/mol. The van der Waals surface area contributed by atoms with Gasteiger partial charge in [-0.1, -0.05) is 18.2 Å². The van der Waals surface area contributed by atoms with Gasteiger partial charge in [0.05, 0.1) is 46.2 Å². The van der Waals surface area contributed by atoms with Gasteiger partial charge in [-0.2, -0.15) is 5.26 Å². The molecule has 2 aliphatic rings. The molecule has 4 rings (SSSR count). The van der Waals surface area contributed by atoms with Gasteiger partial charge in [0.15, 0.2) is 0 Å². The Morgan fingerprint density at radius 2 is 1.62 bits per heavy atom. The number of benzene rings is 2. The van der Waals surface area contributed by atoms with Crippen molar-refractivity contribution in [3.63, 3.8) is 0 Å². The molecule has 0 amide bonds. The van der Waals surface area contributed by atoms with Crippen LogP contribution in [-0.4, -0.2) is 128 Å². The molecule has 0 spiro atoms. The van der Waals surface area contributed by atoms with Gasteiger partial charge < -0.3 is 28.6 Å². The molecule has 2 saturated heterocycles. The molecule has 0 unspecified atom stereocenters. The molecule has 0 aliphatic carbocycles. The topological polar surface area (TPSA) is 109 Å². The number of esters is 1. The van der Waals surface area contributed by atoms with E-state index in [1.54, 1.807) is 13.2 Å². The lowest BCUT2D eigenvalue weighted by Crippen LogP contribution is -2.53. The van der Waals surface area contributed by atoms with Crippen LogP contribution in [0.1, 0.15) is 5.56 Å². The van der Waals surface area contributed by atoms with Crippen molar-refractivity contribution < 1.29 is 28.5 Å². The number of carbonyl (C=O) groups excluding carboxylic acids is 1. The molecule has 11 heteroatoms. The third-order valence-corrected chi connectivity index (χ3v) is 7.28. The number of nitriles is 1. The van der Waals surface area contributed by atoms with Crippen LogP contribution in [0.15, 0.2) is 42.0 Å². The Morgan fingerprint density at radius 1 is 0.929 bits per heavy atom. The van der Waals surface area contributed by atoms with Crippen LogP contribution in [0.4, 0.5) is 5.69 Å². The quantitative estimate of drug-likeness (QED) is 0.136. The maximum Gasteiger partial charge on any atom is 0.348 e. The lowest BCUT2D eigenvalue weighted by molar-refractivity contribution is -0.140. The Labute approximate surface area is 248 Å². The summed E-state index contributed by atoms with van der Waals surface area (Å²) >= 11 is 0. The number of methoxy groups -OCH3 is 1. The Balaban J connectivity index is 1.21. The highest BCUT2D eigenvalue weighted by atomic mass is 16.6. The highest BCUT2D eigenvalue weighted by Gasteiger charge is 2.18. The minimum Gasteiger partial charge on any atom is -0.459 e. The van der Waals surface area contributed by atoms with Gasteiger partial charge in [-0.25, -0.2) is 9.80 Å². The molecule has 42 heavy (non-hydrogen) atoms. The predicted octanol–water partition coefficient (Wildman–Crippen LogP) is 1.93. The van der Waals surface area contributed by atoms with Crippen molar-refractivity contribution in [3.05, 3.63) is 47.5 Å². The summed E-state index contributed by atoms with van der Waals surface area (Å²) in [7, 11) is 1.62. The molecule has 0 aromatic heterocycles. The molecule has 0 saturated carbocycles. The molecule has 2 heterocycles. The first-order valence-electron chi connectivity index (χ1n) is 14.7. The number of morpholine rings is 1. The van der Waals surface area contributed by atoms with Crippen molar-refractivity contribution in [2.75, 3.05) is 117 Å². The van der Waals surface area contributed by atoms with Gasteiger partial charge in [0.2, 0.25) is 0 Å². The molecule has 11 nitrogen and oxygen atoms in total. The lowest BCUT2D eigenvalue weighted by atomic mass is 10.0. The van der Waals surface area contributed by atoms with Gasteiger partial charge >= 0.3 is 5.97 Å². The van der Waals surface area contributed by atoms with E-state index in [0.717, 1.165) is 81.9 Å². The predicted molar refractivity (Wildman–Crippen MR) is 161 cm³/mol. The Bertz CT molecular complexity index is 1190. The number of hydrogen-bond acceptors (Lipinski definition) is 11. The second kappa shape index (κ2) is 17.8. The van der Waals surface area contributed by atoms with Gasteiger partial charge in [0, 0.05) is 65.2 Å². The van der Waals surface area contributed by atoms with Crippen LogP contribution in [-0.2, 0) is 28.5 Å². The van der Waals surface area contributed by atoms with Crippen LogP contribution in [0, 0.1) is 11.3 Å². The maximum absolute atomic E-state index is 12.4. The first-order chi connectivity index (χ1) is 20.7. The maximum atomic E-state index is 12.4. The minimum absolute atomic E-state index is 0.0507. The number of fused-ring (bicyclic) bond motifs is 1. The normalized spacial score (nSPS) is 17.0. The zero-order chi connectivity index (χ0) is 29.4. The van der Waals surface area contributed by atoms with Crippen LogP contribution in [0.25, 0.3) is 16.8 Å². The van der Waals surface area contributed by atoms with Crippen molar-refractivity contribution in [1.82, 2.24) is 15.3 Å². The van der Waals surface area contributed by atoms with E-state index in [1.165, 1.54) is 5.69 Å². The molecule has 0 bridgehead atoms. The van der Waals surface area contributed by atoms with E-state index in [-0.39, 0.29) is 18.8 Å².